The normalized spacial score (nSPS) is 13.2. The summed E-state index contributed by atoms with van der Waals surface area (Å²) in [5.41, 5.74) is -5.16. The Morgan fingerprint density at radius 3 is 2.02 bits per heavy atom. The maximum Gasteiger partial charge on any atom is 1.00 e. The molecule has 1 unspecified atom stereocenters. The first-order valence-corrected chi connectivity index (χ1v) is 16.8. The van der Waals surface area contributed by atoms with Crippen molar-refractivity contribution in [2.24, 2.45) is 10.8 Å². The number of nitrogens with one attached hydrogen (secondary N) is 1. The predicted octanol–water partition coefficient (Wildman–Crippen LogP) is 3.38. The Morgan fingerprint density at radius 2 is 1.49 bits per heavy atom. The topological polar surface area (TPSA) is 157 Å². The average Bonchev–Trinajstić information content (AvgIpc) is 3.31. The Labute approximate surface area is 305 Å². The molecule has 1 N–H and O–H groups in total. The molecule has 0 fully saturated rings. The van der Waals surface area contributed by atoms with Gasteiger partial charge in [-0.15, -0.1) is 11.3 Å². The van der Waals surface area contributed by atoms with E-state index in [1.54, 1.807) is 42.9 Å². The molecule has 0 amide bonds. The van der Waals surface area contributed by atoms with Crippen molar-refractivity contribution in [2.45, 2.75) is 53.8 Å². The minimum atomic E-state index is -5.89. The molecule has 0 saturated carbocycles. The number of benzene rings is 2. The van der Waals surface area contributed by atoms with E-state index in [0.717, 1.165) is 17.4 Å². The molecular formula is C30H33BrF2N2NaO9PS. The molecule has 2 aromatic carbocycles. The van der Waals surface area contributed by atoms with Gasteiger partial charge in [0.25, 0.3) is 0 Å². The van der Waals surface area contributed by atoms with Crippen LogP contribution in [0.25, 0.3) is 11.3 Å². The van der Waals surface area contributed by atoms with Gasteiger partial charge in [0, 0.05) is 15.4 Å². The van der Waals surface area contributed by atoms with Crippen LogP contribution in [0.2, 0.25) is 0 Å². The molecule has 250 valence electrons. The van der Waals surface area contributed by atoms with E-state index in [1.165, 1.54) is 45.0 Å². The van der Waals surface area contributed by atoms with Gasteiger partial charge < -0.3 is 28.2 Å². The van der Waals surface area contributed by atoms with Gasteiger partial charge in [-0.1, -0.05) is 40.2 Å². The van der Waals surface area contributed by atoms with E-state index in [0.29, 0.717) is 16.8 Å². The Bertz CT molecular complexity index is 1720. The van der Waals surface area contributed by atoms with Gasteiger partial charge in [0.2, 0.25) is 14.4 Å². The van der Waals surface area contributed by atoms with Crippen molar-refractivity contribution in [1.82, 2.24) is 4.57 Å². The SMILES string of the molecule is CC(C)(C)C(=O)OCOC(=O)c1ccc(-c2csc(=N)n2Cc2ccc(C(F)(F)P(=O)([O-])OCOC(=O)C(C)(C)C)c(Br)c2)cc1.[Na+]. The van der Waals surface area contributed by atoms with Crippen LogP contribution in [0, 0.1) is 16.2 Å². The van der Waals surface area contributed by atoms with Gasteiger partial charge in [0.05, 0.1) is 28.6 Å². The number of nitrogens with zero attached hydrogens (tertiary/aromatic N) is 1. The second-order valence-electron chi connectivity index (χ2n) is 12.1. The van der Waals surface area contributed by atoms with E-state index < -0.39 is 61.1 Å². The van der Waals surface area contributed by atoms with Gasteiger partial charge in [-0.3, -0.25) is 19.5 Å². The number of alkyl halides is 2. The van der Waals surface area contributed by atoms with Crippen molar-refractivity contribution in [3.05, 3.63) is 73.8 Å². The largest absolute Gasteiger partial charge is 1.00 e. The zero-order valence-electron chi connectivity index (χ0n) is 26.9. The number of halogens is 3. The fraction of sp³-hybridized carbons (Fsp3) is 0.400. The van der Waals surface area contributed by atoms with Gasteiger partial charge in [-0.2, -0.15) is 8.78 Å². The summed E-state index contributed by atoms with van der Waals surface area (Å²) in [6.07, 6.45) is 0. The van der Waals surface area contributed by atoms with Crippen LogP contribution in [0.3, 0.4) is 0 Å². The summed E-state index contributed by atoms with van der Waals surface area (Å²) in [7, 11) is -5.89. The summed E-state index contributed by atoms with van der Waals surface area (Å²) in [6.45, 7) is 7.87. The van der Waals surface area contributed by atoms with Crippen LogP contribution in [0.4, 0.5) is 8.78 Å². The maximum absolute atomic E-state index is 15.1. The second kappa shape index (κ2) is 16.0. The molecule has 1 atom stereocenters. The molecule has 11 nitrogen and oxygen atoms in total. The first-order chi connectivity index (χ1) is 21.1. The van der Waals surface area contributed by atoms with E-state index in [1.807, 2.05) is 0 Å². The van der Waals surface area contributed by atoms with E-state index in [2.05, 4.69) is 25.2 Å². The number of carbonyl (C=O) groups is 3. The van der Waals surface area contributed by atoms with Crippen LogP contribution in [-0.2, 0) is 45.1 Å². The monoisotopic (exact) mass is 768 g/mol. The number of hydrogen-bond donors (Lipinski definition) is 1. The number of aromatic nitrogens is 1. The van der Waals surface area contributed by atoms with Crippen LogP contribution in [-0.4, -0.2) is 36.1 Å². The number of esters is 3. The van der Waals surface area contributed by atoms with E-state index >= 15 is 8.78 Å². The number of thiazole rings is 1. The Hall–Kier alpha value is -2.23. The van der Waals surface area contributed by atoms with Gasteiger partial charge in [-0.05, 0) is 70.9 Å². The van der Waals surface area contributed by atoms with Crippen LogP contribution in [0.15, 0.2) is 52.3 Å². The maximum atomic E-state index is 15.1. The summed E-state index contributed by atoms with van der Waals surface area (Å²) < 4.78 is 62.9. The second-order valence-corrected chi connectivity index (χ2v) is 15.6. The molecular weight excluding hydrogens is 736 g/mol. The van der Waals surface area contributed by atoms with Crippen molar-refractivity contribution in [1.29, 1.82) is 5.41 Å². The van der Waals surface area contributed by atoms with Crippen molar-refractivity contribution in [3.63, 3.8) is 0 Å². The van der Waals surface area contributed by atoms with Crippen LogP contribution in [0.1, 0.15) is 63.0 Å². The molecule has 0 aliphatic rings. The van der Waals surface area contributed by atoms with Crippen LogP contribution < -0.4 is 39.3 Å². The fourth-order valence-corrected chi connectivity index (χ4v) is 6.07. The molecule has 17 heteroatoms. The van der Waals surface area contributed by atoms with E-state index in [-0.39, 0.29) is 50.9 Å². The molecule has 0 aliphatic carbocycles. The number of carbonyl (C=O) groups excluding carboxylic acids is 3. The molecule has 0 saturated heterocycles. The first-order valence-electron chi connectivity index (χ1n) is 13.6. The summed E-state index contributed by atoms with van der Waals surface area (Å²) in [6, 6.07) is 9.84. The van der Waals surface area contributed by atoms with Crippen molar-refractivity contribution < 1.29 is 80.9 Å². The van der Waals surface area contributed by atoms with Crippen LogP contribution in [0.5, 0.6) is 0 Å². The summed E-state index contributed by atoms with van der Waals surface area (Å²) >= 11 is 4.15. The summed E-state index contributed by atoms with van der Waals surface area (Å²) in [5, 5.41) is 10.1. The quantitative estimate of drug-likeness (QED) is 0.134. The zero-order valence-corrected chi connectivity index (χ0v) is 32.1. The fourth-order valence-electron chi connectivity index (χ4n) is 3.62. The molecule has 3 aromatic rings. The third-order valence-electron chi connectivity index (χ3n) is 6.29. The third kappa shape index (κ3) is 10.4. The zero-order chi connectivity index (χ0) is 34.7. The molecule has 0 aliphatic heterocycles. The first kappa shape index (κ1) is 40.9. The average molecular weight is 770 g/mol. The van der Waals surface area contributed by atoms with Crippen LogP contribution >= 0.6 is 34.9 Å². The number of ether oxygens (including phenoxy) is 3. The summed E-state index contributed by atoms with van der Waals surface area (Å²) in [4.78, 5) is 48.5. The van der Waals surface area contributed by atoms with Gasteiger partial charge in [0.1, 0.15) is 0 Å². The Morgan fingerprint density at radius 1 is 0.936 bits per heavy atom. The molecule has 1 heterocycles. The molecule has 0 bridgehead atoms. The number of hydrogen-bond acceptors (Lipinski definition) is 11. The predicted molar refractivity (Wildman–Crippen MR) is 166 cm³/mol. The van der Waals surface area contributed by atoms with Gasteiger partial charge >= 0.3 is 53.1 Å². The van der Waals surface area contributed by atoms with E-state index in [9.17, 15) is 23.8 Å². The number of rotatable bonds is 11. The minimum absolute atomic E-state index is 0. The van der Waals surface area contributed by atoms with E-state index in [4.69, 9.17) is 14.9 Å². The smallest absolute Gasteiger partial charge is 0.774 e. The Kier molecular flexibility index (Phi) is 13.9. The molecule has 0 radical (unpaired) electrons. The third-order valence-corrected chi connectivity index (χ3v) is 9.11. The molecule has 0 spiro atoms. The molecule has 47 heavy (non-hydrogen) atoms. The molecule has 3 rings (SSSR count). The van der Waals surface area contributed by atoms with Crippen molar-refractivity contribution in [3.8, 4) is 11.3 Å². The standard InChI is InChI=1S/C30H34BrF2N2O9PS.Na/c1-28(2,3)25(37)42-16-41-24(36)20-10-8-19(9-11-20)23-15-46-27(34)35(23)14-18-7-12-21(22(31)13-18)30(32,33)45(39,40)44-17-43-26(38)29(4,5)6;/h7-13,15,34H,14,16-17H2,1-6H3,(H,39,40);/q;+1/p-1. The van der Waals surface area contributed by atoms with Crippen molar-refractivity contribution in [2.75, 3.05) is 13.6 Å². The molecule has 1 aromatic heterocycles. The Balaban J connectivity index is 0.00000768. The van der Waals surface area contributed by atoms with Gasteiger partial charge in [0.15, 0.2) is 11.6 Å². The summed E-state index contributed by atoms with van der Waals surface area (Å²) in [5.74, 6) is -2.04. The minimum Gasteiger partial charge on any atom is -0.774 e. The van der Waals surface area contributed by atoms with Gasteiger partial charge in [-0.25, -0.2) is 4.79 Å². The van der Waals surface area contributed by atoms with Crippen molar-refractivity contribution >= 4 is 52.8 Å².